The second-order valence-corrected chi connectivity index (χ2v) is 7.65. The Morgan fingerprint density at radius 1 is 1.12 bits per heavy atom. The van der Waals surface area contributed by atoms with Crippen LogP contribution >= 0.6 is 11.8 Å². The number of benzene rings is 2. The highest BCUT2D eigenvalue weighted by atomic mass is 32.2. The van der Waals surface area contributed by atoms with E-state index in [4.69, 9.17) is 9.47 Å². The second kappa shape index (κ2) is 9.28. The Morgan fingerprint density at radius 3 is 2.52 bits per heavy atom. The lowest BCUT2D eigenvalue weighted by molar-refractivity contribution is -0.113. The number of halogens is 2. The van der Waals surface area contributed by atoms with Crippen LogP contribution in [0.1, 0.15) is 0 Å². The Bertz CT molecular complexity index is 1380. The van der Waals surface area contributed by atoms with Gasteiger partial charge in [-0.3, -0.25) is 19.3 Å². The Kier molecular flexibility index (Phi) is 6.27. The van der Waals surface area contributed by atoms with Crippen LogP contribution in [0.25, 0.3) is 16.7 Å². The number of rotatable bonds is 7. The van der Waals surface area contributed by atoms with Gasteiger partial charge in [0, 0.05) is 30.0 Å². The lowest BCUT2D eigenvalue weighted by Gasteiger charge is -2.13. The standard InChI is InChI=1S/C21H17F2N5O4S/c1-31-13-5-11(6-14(8-13)32-2)25-18(29)10-33-21-26-19-15(9-24-27-19)20(30)28(21)12-3-4-16(22)17(23)7-12/h3-9H,10H2,1-2H3,(H,24,27)(H,25,29). The normalized spacial score (nSPS) is 10.9. The van der Waals surface area contributed by atoms with Crippen molar-refractivity contribution in [1.29, 1.82) is 0 Å². The third-order valence-electron chi connectivity index (χ3n) is 4.58. The van der Waals surface area contributed by atoms with Crippen molar-refractivity contribution < 1.29 is 23.0 Å². The zero-order chi connectivity index (χ0) is 23.5. The van der Waals surface area contributed by atoms with Crippen molar-refractivity contribution in [2.24, 2.45) is 0 Å². The summed E-state index contributed by atoms with van der Waals surface area (Å²) in [5.41, 5.74) is 0.182. The zero-order valence-electron chi connectivity index (χ0n) is 17.4. The van der Waals surface area contributed by atoms with Gasteiger partial charge in [0.2, 0.25) is 5.91 Å². The molecule has 2 N–H and O–H groups in total. The summed E-state index contributed by atoms with van der Waals surface area (Å²) >= 11 is 0.945. The summed E-state index contributed by atoms with van der Waals surface area (Å²) in [6, 6.07) is 7.95. The SMILES string of the molecule is COc1cc(NC(=O)CSc2nc3[nH]ncc3c(=O)n2-c2ccc(F)c(F)c2)cc(OC)c1. The molecule has 0 unspecified atom stereocenters. The van der Waals surface area contributed by atoms with Gasteiger partial charge in [-0.05, 0) is 12.1 Å². The number of H-pyrrole nitrogens is 1. The Balaban J connectivity index is 1.63. The molecule has 1 amide bonds. The number of aromatic nitrogens is 4. The first-order valence-electron chi connectivity index (χ1n) is 9.47. The lowest BCUT2D eigenvalue weighted by atomic mass is 10.2. The molecule has 0 aliphatic carbocycles. The molecule has 0 aliphatic heterocycles. The lowest BCUT2D eigenvalue weighted by Crippen LogP contribution is -2.22. The second-order valence-electron chi connectivity index (χ2n) is 6.70. The van der Waals surface area contributed by atoms with E-state index in [1.165, 1.54) is 26.5 Å². The topological polar surface area (TPSA) is 111 Å². The van der Waals surface area contributed by atoms with Crippen LogP contribution in [0, 0.1) is 11.6 Å². The van der Waals surface area contributed by atoms with Gasteiger partial charge in [0.15, 0.2) is 22.4 Å². The smallest absolute Gasteiger partial charge is 0.269 e. The number of carbonyl (C=O) groups excluding carboxylic acids is 1. The van der Waals surface area contributed by atoms with Crippen LogP contribution in [0.4, 0.5) is 14.5 Å². The van der Waals surface area contributed by atoms with Crippen molar-refractivity contribution in [3.63, 3.8) is 0 Å². The minimum absolute atomic E-state index is 0.0648. The molecule has 4 aromatic rings. The summed E-state index contributed by atoms with van der Waals surface area (Å²) in [6.45, 7) is 0. The number of nitrogens with zero attached hydrogens (tertiary/aromatic N) is 3. The van der Waals surface area contributed by atoms with Gasteiger partial charge in [-0.2, -0.15) is 5.10 Å². The molecule has 0 fully saturated rings. The number of hydrogen-bond donors (Lipinski definition) is 2. The van der Waals surface area contributed by atoms with Gasteiger partial charge in [-0.1, -0.05) is 11.8 Å². The first-order chi connectivity index (χ1) is 15.9. The fourth-order valence-electron chi connectivity index (χ4n) is 3.03. The highest BCUT2D eigenvalue weighted by Crippen LogP contribution is 2.26. The molecule has 0 spiro atoms. The number of methoxy groups -OCH3 is 2. The minimum Gasteiger partial charge on any atom is -0.497 e. The van der Waals surface area contributed by atoms with E-state index in [1.54, 1.807) is 18.2 Å². The van der Waals surface area contributed by atoms with Crippen LogP contribution < -0.4 is 20.3 Å². The Hall–Kier alpha value is -3.93. The zero-order valence-corrected chi connectivity index (χ0v) is 18.2. The number of fused-ring (bicyclic) bond motifs is 1. The maximum absolute atomic E-state index is 13.8. The van der Waals surface area contributed by atoms with Crippen molar-refractivity contribution in [3.05, 3.63) is 64.6 Å². The maximum Gasteiger partial charge on any atom is 0.269 e. The number of aromatic amines is 1. The quantitative estimate of drug-likeness (QED) is 0.313. The highest BCUT2D eigenvalue weighted by molar-refractivity contribution is 7.99. The molecule has 4 rings (SSSR count). The van der Waals surface area contributed by atoms with E-state index >= 15 is 0 Å². The van der Waals surface area contributed by atoms with E-state index in [0.717, 1.165) is 28.5 Å². The third kappa shape index (κ3) is 4.65. The van der Waals surface area contributed by atoms with Crippen molar-refractivity contribution in [2.45, 2.75) is 5.16 Å². The van der Waals surface area contributed by atoms with E-state index in [0.29, 0.717) is 17.2 Å². The summed E-state index contributed by atoms with van der Waals surface area (Å²) in [6.07, 6.45) is 1.29. The number of carbonyl (C=O) groups is 1. The predicted octanol–water partition coefficient (Wildman–Crippen LogP) is 3.14. The number of nitrogens with one attached hydrogen (secondary N) is 2. The Morgan fingerprint density at radius 2 is 1.85 bits per heavy atom. The van der Waals surface area contributed by atoms with Gasteiger partial charge in [0.05, 0.1) is 31.9 Å². The molecule has 0 atom stereocenters. The molecule has 9 nitrogen and oxygen atoms in total. The monoisotopic (exact) mass is 473 g/mol. The van der Waals surface area contributed by atoms with Crippen LogP contribution in [0.15, 0.2) is 52.5 Å². The van der Waals surface area contributed by atoms with E-state index in [-0.39, 0.29) is 27.6 Å². The molecule has 0 aliphatic rings. The fraction of sp³-hybridized carbons (Fsp3) is 0.143. The Labute approximate surface area is 189 Å². The molecule has 0 bridgehead atoms. The maximum atomic E-state index is 13.8. The first-order valence-corrected chi connectivity index (χ1v) is 10.5. The predicted molar refractivity (Wildman–Crippen MR) is 118 cm³/mol. The van der Waals surface area contributed by atoms with Crippen molar-refractivity contribution >= 4 is 34.4 Å². The summed E-state index contributed by atoms with van der Waals surface area (Å²) in [5.74, 6) is -1.70. The average molecular weight is 473 g/mol. The summed E-state index contributed by atoms with van der Waals surface area (Å²) in [7, 11) is 2.98. The number of ether oxygens (including phenoxy) is 2. The molecule has 0 saturated carbocycles. The molecule has 0 saturated heterocycles. The van der Waals surface area contributed by atoms with Crippen LogP contribution in [0.3, 0.4) is 0 Å². The largest absolute Gasteiger partial charge is 0.497 e. The third-order valence-corrected chi connectivity index (χ3v) is 5.52. The molecule has 12 heteroatoms. The minimum atomic E-state index is -1.12. The van der Waals surface area contributed by atoms with Crippen LogP contribution in [-0.4, -0.2) is 45.6 Å². The fourth-order valence-corrected chi connectivity index (χ4v) is 3.84. The van der Waals surface area contributed by atoms with E-state index in [1.807, 2.05) is 0 Å². The number of hydrogen-bond acceptors (Lipinski definition) is 7. The van der Waals surface area contributed by atoms with E-state index < -0.39 is 23.1 Å². The molecule has 0 radical (unpaired) electrons. The average Bonchev–Trinajstić information content (AvgIpc) is 3.28. The molecular formula is C21H17F2N5O4S. The molecular weight excluding hydrogens is 456 g/mol. The van der Waals surface area contributed by atoms with Crippen molar-refractivity contribution in [2.75, 3.05) is 25.3 Å². The number of thioether (sulfide) groups is 1. The highest BCUT2D eigenvalue weighted by Gasteiger charge is 2.17. The molecule has 2 aromatic carbocycles. The van der Waals surface area contributed by atoms with Gasteiger partial charge in [0.1, 0.15) is 16.9 Å². The summed E-state index contributed by atoms with van der Waals surface area (Å²) < 4.78 is 38.7. The number of anilines is 1. The van der Waals surface area contributed by atoms with Crippen LogP contribution in [0.5, 0.6) is 11.5 Å². The van der Waals surface area contributed by atoms with Gasteiger partial charge in [-0.15, -0.1) is 0 Å². The van der Waals surface area contributed by atoms with Crippen LogP contribution in [-0.2, 0) is 4.79 Å². The van der Waals surface area contributed by atoms with Crippen molar-refractivity contribution in [1.82, 2.24) is 19.7 Å². The van der Waals surface area contributed by atoms with E-state index in [2.05, 4.69) is 20.5 Å². The van der Waals surface area contributed by atoms with Gasteiger partial charge in [0.25, 0.3) is 5.56 Å². The van der Waals surface area contributed by atoms with Crippen molar-refractivity contribution in [3.8, 4) is 17.2 Å². The number of amides is 1. The van der Waals surface area contributed by atoms with E-state index in [9.17, 15) is 18.4 Å². The summed E-state index contributed by atoms with van der Waals surface area (Å²) in [4.78, 5) is 29.9. The van der Waals surface area contributed by atoms with Gasteiger partial charge < -0.3 is 14.8 Å². The summed E-state index contributed by atoms with van der Waals surface area (Å²) in [5, 5.41) is 9.39. The van der Waals surface area contributed by atoms with Crippen LogP contribution in [0.2, 0.25) is 0 Å². The van der Waals surface area contributed by atoms with Gasteiger partial charge in [-0.25, -0.2) is 13.8 Å². The van der Waals surface area contributed by atoms with Gasteiger partial charge >= 0.3 is 0 Å². The molecule has 2 aromatic heterocycles. The molecule has 33 heavy (non-hydrogen) atoms. The first kappa shape index (κ1) is 22.3. The molecule has 170 valence electrons. The molecule has 2 heterocycles.